The second-order valence-corrected chi connectivity index (χ2v) is 3.66. The van der Waals surface area contributed by atoms with Gasteiger partial charge in [-0.3, -0.25) is 4.68 Å². The number of rotatable bonds is 3. The Morgan fingerprint density at radius 1 is 1.57 bits per heavy atom. The van der Waals surface area contributed by atoms with E-state index in [0.717, 1.165) is 38.3 Å². The molecule has 0 amide bonds. The third-order valence-corrected chi connectivity index (χ3v) is 2.59. The van der Waals surface area contributed by atoms with Gasteiger partial charge in [0.2, 0.25) is 0 Å². The van der Waals surface area contributed by atoms with Crippen LogP contribution in [0.3, 0.4) is 0 Å². The zero-order valence-corrected chi connectivity index (χ0v) is 8.57. The van der Waals surface area contributed by atoms with Gasteiger partial charge in [0, 0.05) is 26.0 Å². The first-order valence-corrected chi connectivity index (χ1v) is 5.16. The number of aromatic nitrogens is 2. The molecular formula is C10H17N3O. The van der Waals surface area contributed by atoms with E-state index in [2.05, 4.69) is 27.4 Å². The van der Waals surface area contributed by atoms with Crippen molar-refractivity contribution in [3.63, 3.8) is 0 Å². The smallest absolute Gasteiger partial charge is 0.0762 e. The predicted octanol–water partition coefficient (Wildman–Crippen LogP) is 0.954. The highest BCUT2D eigenvalue weighted by Gasteiger charge is 2.15. The molecule has 0 aliphatic carbocycles. The zero-order valence-electron chi connectivity index (χ0n) is 8.57. The van der Waals surface area contributed by atoms with Gasteiger partial charge in [0.25, 0.3) is 0 Å². The average Bonchev–Trinajstić information content (AvgIpc) is 2.68. The van der Waals surface area contributed by atoms with Crippen molar-refractivity contribution in [2.75, 3.05) is 20.3 Å². The van der Waals surface area contributed by atoms with Gasteiger partial charge in [-0.25, -0.2) is 0 Å². The van der Waals surface area contributed by atoms with E-state index in [1.807, 2.05) is 7.05 Å². The number of nitrogens with one attached hydrogen (secondary N) is 1. The first-order chi connectivity index (χ1) is 6.90. The van der Waals surface area contributed by atoms with Crippen LogP contribution in [0.4, 0.5) is 0 Å². The summed E-state index contributed by atoms with van der Waals surface area (Å²) >= 11 is 0. The highest BCUT2D eigenvalue weighted by molar-refractivity contribution is 4.99. The molecule has 1 aliphatic rings. The van der Waals surface area contributed by atoms with E-state index in [1.165, 1.54) is 0 Å². The van der Waals surface area contributed by atoms with Crippen LogP contribution in [0.1, 0.15) is 24.6 Å². The second kappa shape index (κ2) is 4.57. The number of hydrogen-bond acceptors (Lipinski definition) is 3. The number of nitrogens with zero attached hydrogens (tertiary/aromatic N) is 2. The topological polar surface area (TPSA) is 39.1 Å². The van der Waals surface area contributed by atoms with Gasteiger partial charge in [-0.15, -0.1) is 0 Å². The molecule has 1 fully saturated rings. The lowest BCUT2D eigenvalue weighted by molar-refractivity contribution is 0.0661. The molecule has 0 aromatic carbocycles. The molecule has 0 atom stereocenters. The summed E-state index contributed by atoms with van der Waals surface area (Å²) in [6.45, 7) is 2.58. The lowest BCUT2D eigenvalue weighted by atomic mass is 10.1. The first kappa shape index (κ1) is 9.68. The van der Waals surface area contributed by atoms with Crippen molar-refractivity contribution in [2.24, 2.45) is 0 Å². The molecule has 4 heteroatoms. The molecule has 1 aliphatic heterocycles. The van der Waals surface area contributed by atoms with Gasteiger partial charge in [-0.1, -0.05) is 0 Å². The maximum atomic E-state index is 5.32. The Bertz CT molecular complexity index is 279. The average molecular weight is 195 g/mol. The first-order valence-electron chi connectivity index (χ1n) is 5.16. The number of hydrogen-bond donors (Lipinski definition) is 1. The minimum Gasteiger partial charge on any atom is -0.381 e. The third kappa shape index (κ3) is 2.13. The lowest BCUT2D eigenvalue weighted by Crippen LogP contribution is -2.20. The van der Waals surface area contributed by atoms with E-state index in [0.29, 0.717) is 6.04 Å². The molecule has 0 unspecified atom stereocenters. The Morgan fingerprint density at radius 2 is 2.36 bits per heavy atom. The van der Waals surface area contributed by atoms with E-state index in [4.69, 9.17) is 4.74 Å². The van der Waals surface area contributed by atoms with E-state index in [-0.39, 0.29) is 0 Å². The fourth-order valence-electron chi connectivity index (χ4n) is 1.81. The Hall–Kier alpha value is -0.870. The van der Waals surface area contributed by atoms with E-state index >= 15 is 0 Å². The maximum absolute atomic E-state index is 5.32. The highest BCUT2D eigenvalue weighted by Crippen LogP contribution is 2.19. The van der Waals surface area contributed by atoms with Crippen molar-refractivity contribution in [3.8, 4) is 0 Å². The van der Waals surface area contributed by atoms with Crippen molar-refractivity contribution >= 4 is 0 Å². The van der Waals surface area contributed by atoms with Gasteiger partial charge in [-0.05, 0) is 26.0 Å². The summed E-state index contributed by atoms with van der Waals surface area (Å²) in [5, 5.41) is 7.62. The molecule has 14 heavy (non-hydrogen) atoms. The molecule has 1 aromatic rings. The molecule has 1 N–H and O–H groups in total. The summed E-state index contributed by atoms with van der Waals surface area (Å²) in [5.41, 5.74) is 1.11. The largest absolute Gasteiger partial charge is 0.381 e. The molecule has 78 valence electrons. The van der Waals surface area contributed by atoms with Gasteiger partial charge >= 0.3 is 0 Å². The fraction of sp³-hybridized carbons (Fsp3) is 0.700. The van der Waals surface area contributed by atoms with Crippen molar-refractivity contribution in [3.05, 3.63) is 18.0 Å². The van der Waals surface area contributed by atoms with Crippen LogP contribution in [0.15, 0.2) is 12.3 Å². The summed E-state index contributed by atoms with van der Waals surface area (Å²) in [6.07, 6.45) is 4.24. The van der Waals surface area contributed by atoms with E-state index in [1.54, 1.807) is 0 Å². The van der Waals surface area contributed by atoms with Gasteiger partial charge in [0.15, 0.2) is 0 Å². The molecule has 0 bridgehead atoms. The Morgan fingerprint density at radius 3 is 3.07 bits per heavy atom. The van der Waals surface area contributed by atoms with Gasteiger partial charge in [-0.2, -0.15) is 5.10 Å². The van der Waals surface area contributed by atoms with E-state index < -0.39 is 0 Å². The quantitative estimate of drug-likeness (QED) is 0.780. The molecule has 4 nitrogen and oxygen atoms in total. The van der Waals surface area contributed by atoms with Crippen LogP contribution in [-0.2, 0) is 11.3 Å². The van der Waals surface area contributed by atoms with Crippen molar-refractivity contribution in [1.29, 1.82) is 0 Å². The van der Waals surface area contributed by atoms with Crippen LogP contribution in [0.5, 0.6) is 0 Å². The monoisotopic (exact) mass is 195 g/mol. The summed E-state index contributed by atoms with van der Waals surface area (Å²) in [7, 11) is 1.94. The minimum atomic E-state index is 0.536. The molecule has 2 rings (SSSR count). The maximum Gasteiger partial charge on any atom is 0.0762 e. The minimum absolute atomic E-state index is 0.536. The zero-order chi connectivity index (χ0) is 9.80. The summed E-state index contributed by atoms with van der Waals surface area (Å²) in [6, 6.07) is 2.61. The molecule has 1 saturated heterocycles. The molecule has 0 saturated carbocycles. The molecule has 2 heterocycles. The standard InChI is InChI=1S/C10H17N3O/c1-11-8-9-2-5-13(12-9)10-3-6-14-7-4-10/h2,5,10-11H,3-4,6-8H2,1H3. The van der Waals surface area contributed by atoms with Crippen molar-refractivity contribution in [1.82, 2.24) is 15.1 Å². The summed E-state index contributed by atoms with van der Waals surface area (Å²) in [5.74, 6) is 0. The SMILES string of the molecule is CNCc1ccn(C2CCOCC2)n1. The van der Waals surface area contributed by atoms with Crippen LogP contribution >= 0.6 is 0 Å². The molecule has 0 radical (unpaired) electrons. The van der Waals surface area contributed by atoms with E-state index in [9.17, 15) is 0 Å². The van der Waals surface area contributed by atoms with Crippen LogP contribution in [0.2, 0.25) is 0 Å². The van der Waals surface area contributed by atoms with Crippen molar-refractivity contribution < 1.29 is 4.74 Å². The molecular weight excluding hydrogens is 178 g/mol. The van der Waals surface area contributed by atoms with Crippen LogP contribution in [-0.4, -0.2) is 30.0 Å². The summed E-state index contributed by atoms with van der Waals surface area (Å²) in [4.78, 5) is 0. The summed E-state index contributed by atoms with van der Waals surface area (Å²) < 4.78 is 7.40. The fourth-order valence-corrected chi connectivity index (χ4v) is 1.81. The van der Waals surface area contributed by atoms with Crippen LogP contribution in [0, 0.1) is 0 Å². The normalized spacial score (nSPS) is 18.6. The lowest BCUT2D eigenvalue weighted by Gasteiger charge is -2.22. The Kier molecular flexibility index (Phi) is 3.16. The predicted molar refractivity (Wildman–Crippen MR) is 54.1 cm³/mol. The Balaban J connectivity index is 2.00. The van der Waals surface area contributed by atoms with Crippen LogP contribution < -0.4 is 5.32 Å². The second-order valence-electron chi connectivity index (χ2n) is 3.66. The van der Waals surface area contributed by atoms with Gasteiger partial charge in [0.1, 0.15) is 0 Å². The third-order valence-electron chi connectivity index (χ3n) is 2.59. The van der Waals surface area contributed by atoms with Gasteiger partial charge in [0.05, 0.1) is 11.7 Å². The highest BCUT2D eigenvalue weighted by atomic mass is 16.5. The molecule has 1 aromatic heterocycles. The van der Waals surface area contributed by atoms with Gasteiger partial charge < -0.3 is 10.1 Å². The van der Waals surface area contributed by atoms with Crippen LogP contribution in [0.25, 0.3) is 0 Å². The number of ether oxygens (including phenoxy) is 1. The Labute approximate surface area is 84.3 Å². The molecule has 0 spiro atoms. The van der Waals surface area contributed by atoms with Crippen molar-refractivity contribution in [2.45, 2.75) is 25.4 Å².